The SMILES string of the molecule is CC1(c2ccccc2)CN(C(=O)c2ccsc2CC(=O)O)CCO1. The van der Waals surface area contributed by atoms with Gasteiger partial charge in [-0.3, -0.25) is 9.59 Å². The number of carbonyl (C=O) groups excluding carboxylic acids is 1. The summed E-state index contributed by atoms with van der Waals surface area (Å²) < 4.78 is 5.96. The van der Waals surface area contributed by atoms with Crippen LogP contribution in [0.1, 0.15) is 27.7 Å². The van der Waals surface area contributed by atoms with Crippen molar-refractivity contribution in [1.82, 2.24) is 4.90 Å². The molecule has 3 rings (SSSR count). The molecule has 5 nitrogen and oxygen atoms in total. The van der Waals surface area contributed by atoms with E-state index in [9.17, 15) is 9.59 Å². The molecule has 1 aromatic carbocycles. The van der Waals surface area contributed by atoms with Crippen LogP contribution >= 0.6 is 11.3 Å². The number of carboxylic acid groups (broad SMARTS) is 1. The van der Waals surface area contributed by atoms with Crippen molar-refractivity contribution in [2.45, 2.75) is 18.9 Å². The summed E-state index contributed by atoms with van der Waals surface area (Å²) >= 11 is 1.31. The second-order valence-corrected chi connectivity index (χ2v) is 7.00. The van der Waals surface area contributed by atoms with Gasteiger partial charge in [-0.25, -0.2) is 0 Å². The van der Waals surface area contributed by atoms with E-state index >= 15 is 0 Å². The minimum absolute atomic E-state index is 0.126. The van der Waals surface area contributed by atoms with E-state index in [0.717, 1.165) is 5.56 Å². The highest BCUT2D eigenvalue weighted by atomic mass is 32.1. The van der Waals surface area contributed by atoms with Crippen LogP contribution < -0.4 is 0 Å². The quantitative estimate of drug-likeness (QED) is 0.925. The molecule has 1 unspecified atom stereocenters. The number of hydrogen-bond acceptors (Lipinski definition) is 4. The monoisotopic (exact) mass is 345 g/mol. The first-order valence-electron chi connectivity index (χ1n) is 7.76. The summed E-state index contributed by atoms with van der Waals surface area (Å²) in [6.07, 6.45) is -0.126. The molecule has 1 fully saturated rings. The summed E-state index contributed by atoms with van der Waals surface area (Å²) in [6, 6.07) is 11.6. The van der Waals surface area contributed by atoms with E-state index in [1.54, 1.807) is 16.3 Å². The first kappa shape index (κ1) is 16.7. The van der Waals surface area contributed by atoms with Gasteiger partial charge in [0, 0.05) is 11.4 Å². The highest BCUT2D eigenvalue weighted by molar-refractivity contribution is 7.10. The van der Waals surface area contributed by atoms with E-state index in [2.05, 4.69) is 0 Å². The Balaban J connectivity index is 1.81. The summed E-state index contributed by atoms with van der Waals surface area (Å²) in [7, 11) is 0. The van der Waals surface area contributed by atoms with Gasteiger partial charge in [0.15, 0.2) is 0 Å². The Bertz CT molecular complexity index is 742. The molecule has 2 heterocycles. The van der Waals surface area contributed by atoms with Crippen LogP contribution in [0.25, 0.3) is 0 Å². The van der Waals surface area contributed by atoms with Crippen LogP contribution in [-0.2, 0) is 21.6 Å². The molecule has 1 aromatic heterocycles. The topological polar surface area (TPSA) is 66.8 Å². The van der Waals surface area contributed by atoms with Crippen LogP contribution in [0.5, 0.6) is 0 Å². The zero-order valence-corrected chi connectivity index (χ0v) is 14.2. The zero-order chi connectivity index (χ0) is 17.2. The second kappa shape index (κ2) is 6.75. The van der Waals surface area contributed by atoms with Crippen molar-refractivity contribution < 1.29 is 19.4 Å². The lowest BCUT2D eigenvalue weighted by molar-refractivity contribution is -0.136. The third kappa shape index (κ3) is 3.34. The lowest BCUT2D eigenvalue weighted by atomic mass is 9.93. The first-order valence-corrected chi connectivity index (χ1v) is 8.64. The molecule has 2 aromatic rings. The van der Waals surface area contributed by atoms with Crippen molar-refractivity contribution in [3.05, 3.63) is 57.8 Å². The van der Waals surface area contributed by atoms with Crippen LogP contribution in [-0.4, -0.2) is 41.6 Å². The normalized spacial score (nSPS) is 20.8. The van der Waals surface area contributed by atoms with Gasteiger partial charge in [0.25, 0.3) is 5.91 Å². The van der Waals surface area contributed by atoms with Crippen molar-refractivity contribution in [2.24, 2.45) is 0 Å². The Hall–Kier alpha value is -2.18. The number of nitrogens with zero attached hydrogens (tertiary/aromatic N) is 1. The van der Waals surface area contributed by atoms with Gasteiger partial charge in [0.05, 0.1) is 25.1 Å². The van der Waals surface area contributed by atoms with Crippen molar-refractivity contribution in [1.29, 1.82) is 0 Å². The molecule has 0 spiro atoms. The number of thiophene rings is 1. The second-order valence-electron chi connectivity index (χ2n) is 6.00. The van der Waals surface area contributed by atoms with Crippen LogP contribution in [0.15, 0.2) is 41.8 Å². The van der Waals surface area contributed by atoms with Gasteiger partial charge >= 0.3 is 5.97 Å². The Morgan fingerprint density at radius 1 is 1.29 bits per heavy atom. The lowest BCUT2D eigenvalue weighted by Crippen LogP contribution is -2.50. The molecule has 0 saturated carbocycles. The molecule has 0 aliphatic carbocycles. The Labute approximate surface area is 144 Å². The van der Waals surface area contributed by atoms with E-state index in [0.29, 0.717) is 30.1 Å². The Morgan fingerprint density at radius 3 is 2.75 bits per heavy atom. The maximum absolute atomic E-state index is 12.9. The molecular weight excluding hydrogens is 326 g/mol. The fourth-order valence-electron chi connectivity index (χ4n) is 2.98. The largest absolute Gasteiger partial charge is 0.481 e. The van der Waals surface area contributed by atoms with E-state index in [4.69, 9.17) is 9.84 Å². The molecule has 1 atom stereocenters. The average molecular weight is 345 g/mol. The van der Waals surface area contributed by atoms with E-state index in [-0.39, 0.29) is 12.3 Å². The lowest BCUT2D eigenvalue weighted by Gasteiger charge is -2.41. The summed E-state index contributed by atoms with van der Waals surface area (Å²) in [5.41, 5.74) is 0.955. The zero-order valence-electron chi connectivity index (χ0n) is 13.4. The van der Waals surface area contributed by atoms with E-state index < -0.39 is 11.6 Å². The predicted molar refractivity (Wildman–Crippen MR) is 91.3 cm³/mol. The number of rotatable bonds is 4. The van der Waals surface area contributed by atoms with Crippen molar-refractivity contribution >= 4 is 23.2 Å². The van der Waals surface area contributed by atoms with Gasteiger partial charge in [0.2, 0.25) is 0 Å². The highest BCUT2D eigenvalue weighted by Crippen LogP contribution is 2.30. The smallest absolute Gasteiger partial charge is 0.308 e. The van der Waals surface area contributed by atoms with E-state index in [1.807, 2.05) is 37.3 Å². The maximum Gasteiger partial charge on any atom is 0.308 e. The summed E-state index contributed by atoms with van der Waals surface area (Å²) in [4.78, 5) is 26.2. The summed E-state index contributed by atoms with van der Waals surface area (Å²) in [6.45, 7) is 3.38. The number of morpholine rings is 1. The molecule has 1 aliphatic heterocycles. The average Bonchev–Trinajstić information content (AvgIpc) is 3.02. The minimum atomic E-state index is -0.928. The van der Waals surface area contributed by atoms with Crippen molar-refractivity contribution in [2.75, 3.05) is 19.7 Å². The highest BCUT2D eigenvalue weighted by Gasteiger charge is 2.36. The number of carboxylic acids is 1. The third-order valence-electron chi connectivity index (χ3n) is 4.23. The molecule has 1 N–H and O–H groups in total. The fourth-order valence-corrected chi connectivity index (χ4v) is 3.84. The fraction of sp³-hybridized carbons (Fsp3) is 0.333. The number of carbonyl (C=O) groups is 2. The van der Waals surface area contributed by atoms with E-state index in [1.165, 1.54) is 11.3 Å². The minimum Gasteiger partial charge on any atom is -0.481 e. The number of aliphatic carboxylic acids is 1. The molecule has 1 amide bonds. The number of ether oxygens (including phenoxy) is 1. The van der Waals surface area contributed by atoms with Crippen LogP contribution in [0.2, 0.25) is 0 Å². The summed E-state index contributed by atoms with van der Waals surface area (Å²) in [5.74, 6) is -1.06. The molecule has 1 saturated heterocycles. The molecule has 24 heavy (non-hydrogen) atoms. The predicted octanol–water partition coefficient (Wildman–Crippen LogP) is 2.76. The number of amides is 1. The standard InChI is InChI=1S/C18H19NO4S/c1-18(13-5-3-2-4-6-13)12-19(8-9-23-18)17(22)14-7-10-24-15(14)11-16(20)21/h2-7,10H,8-9,11-12H2,1H3,(H,20,21). The maximum atomic E-state index is 12.9. The Morgan fingerprint density at radius 2 is 2.04 bits per heavy atom. The third-order valence-corrected chi connectivity index (χ3v) is 5.15. The first-order chi connectivity index (χ1) is 11.5. The van der Waals surface area contributed by atoms with Crippen LogP contribution in [0.4, 0.5) is 0 Å². The van der Waals surface area contributed by atoms with Gasteiger partial charge in [-0.05, 0) is 23.9 Å². The number of benzene rings is 1. The summed E-state index contributed by atoms with van der Waals surface area (Å²) in [5, 5.41) is 10.8. The van der Waals surface area contributed by atoms with Crippen LogP contribution in [0.3, 0.4) is 0 Å². The van der Waals surface area contributed by atoms with Gasteiger partial charge < -0.3 is 14.7 Å². The molecule has 1 aliphatic rings. The number of hydrogen-bond donors (Lipinski definition) is 1. The molecular formula is C18H19NO4S. The van der Waals surface area contributed by atoms with Crippen LogP contribution in [0, 0.1) is 0 Å². The van der Waals surface area contributed by atoms with Crippen molar-refractivity contribution in [3.8, 4) is 0 Å². The van der Waals surface area contributed by atoms with Gasteiger partial charge in [-0.1, -0.05) is 30.3 Å². The molecule has 0 radical (unpaired) electrons. The van der Waals surface area contributed by atoms with Crippen molar-refractivity contribution in [3.63, 3.8) is 0 Å². The molecule has 0 bridgehead atoms. The molecule has 126 valence electrons. The van der Waals surface area contributed by atoms with Gasteiger partial charge in [-0.2, -0.15) is 0 Å². The molecule has 6 heteroatoms. The van der Waals surface area contributed by atoms with Gasteiger partial charge in [0.1, 0.15) is 5.60 Å². The Kier molecular flexibility index (Phi) is 4.69. The van der Waals surface area contributed by atoms with Gasteiger partial charge in [-0.15, -0.1) is 11.3 Å².